The van der Waals surface area contributed by atoms with Crippen molar-refractivity contribution in [1.82, 2.24) is 5.32 Å². The summed E-state index contributed by atoms with van der Waals surface area (Å²) in [5.74, 6) is 0.593. The molecule has 0 aliphatic heterocycles. The first-order valence-electron chi connectivity index (χ1n) is 5.39. The van der Waals surface area contributed by atoms with Gasteiger partial charge in [0.1, 0.15) is 5.60 Å². The van der Waals surface area contributed by atoms with Crippen LogP contribution < -0.4 is 5.32 Å². The molecule has 1 aliphatic carbocycles. The summed E-state index contributed by atoms with van der Waals surface area (Å²) in [6, 6.07) is 0.264. The number of alkyl carbamates (subject to hydrolysis) is 1. The minimum Gasteiger partial charge on any atom is -0.444 e. The second-order valence-electron chi connectivity index (χ2n) is 5.14. The zero-order chi connectivity index (χ0) is 11.5. The molecule has 1 aliphatic rings. The number of methoxy groups -OCH3 is 1. The minimum absolute atomic E-state index is 0.264. The summed E-state index contributed by atoms with van der Waals surface area (Å²) in [5.41, 5.74) is -0.417. The highest BCUT2D eigenvalue weighted by molar-refractivity contribution is 5.68. The fourth-order valence-corrected chi connectivity index (χ4v) is 1.70. The maximum absolute atomic E-state index is 11.4. The first-order valence-corrected chi connectivity index (χ1v) is 5.39. The first-order chi connectivity index (χ1) is 6.90. The summed E-state index contributed by atoms with van der Waals surface area (Å²) in [6.07, 6.45) is 1.67. The highest BCUT2D eigenvalue weighted by Gasteiger charge is 2.31. The molecule has 4 heteroatoms. The summed E-state index contributed by atoms with van der Waals surface area (Å²) >= 11 is 0. The maximum Gasteiger partial charge on any atom is 0.407 e. The number of amides is 1. The van der Waals surface area contributed by atoms with Crippen LogP contribution in [0.1, 0.15) is 33.6 Å². The van der Waals surface area contributed by atoms with Gasteiger partial charge >= 0.3 is 6.09 Å². The number of nitrogens with one attached hydrogen (secondary N) is 1. The molecule has 0 atom stereocenters. The number of ether oxygens (including phenoxy) is 2. The van der Waals surface area contributed by atoms with E-state index in [4.69, 9.17) is 9.47 Å². The van der Waals surface area contributed by atoms with Crippen LogP contribution in [0, 0.1) is 5.92 Å². The van der Waals surface area contributed by atoms with E-state index in [0.717, 1.165) is 19.4 Å². The monoisotopic (exact) mass is 215 g/mol. The standard InChI is InChI=1S/C11H21NO3/c1-11(2,3)15-10(13)12-9-5-8(6-9)7-14-4/h8-9H,5-7H2,1-4H3,(H,12,13). The molecule has 0 saturated heterocycles. The van der Waals surface area contributed by atoms with Gasteiger partial charge in [-0.2, -0.15) is 0 Å². The molecule has 0 aromatic heterocycles. The van der Waals surface area contributed by atoms with E-state index in [-0.39, 0.29) is 12.1 Å². The molecule has 1 saturated carbocycles. The van der Waals surface area contributed by atoms with E-state index in [9.17, 15) is 4.79 Å². The van der Waals surface area contributed by atoms with Crippen LogP contribution in [0.25, 0.3) is 0 Å². The average molecular weight is 215 g/mol. The highest BCUT2D eigenvalue weighted by atomic mass is 16.6. The summed E-state index contributed by atoms with van der Waals surface area (Å²) in [6.45, 7) is 6.37. The molecular weight excluding hydrogens is 194 g/mol. The van der Waals surface area contributed by atoms with Crippen LogP contribution in [-0.4, -0.2) is 31.5 Å². The molecule has 0 aromatic carbocycles. The molecule has 4 nitrogen and oxygen atoms in total. The third kappa shape index (κ3) is 4.51. The Morgan fingerprint density at radius 2 is 2.00 bits per heavy atom. The lowest BCUT2D eigenvalue weighted by Gasteiger charge is -2.35. The largest absolute Gasteiger partial charge is 0.444 e. The third-order valence-electron chi connectivity index (χ3n) is 2.36. The van der Waals surface area contributed by atoms with Crippen LogP contribution in [0.5, 0.6) is 0 Å². The van der Waals surface area contributed by atoms with Crippen LogP contribution in [0.4, 0.5) is 4.79 Å². The highest BCUT2D eigenvalue weighted by Crippen LogP contribution is 2.27. The first kappa shape index (κ1) is 12.3. The van der Waals surface area contributed by atoms with E-state index in [1.165, 1.54) is 0 Å². The Morgan fingerprint density at radius 3 is 2.47 bits per heavy atom. The fraction of sp³-hybridized carbons (Fsp3) is 0.909. The van der Waals surface area contributed by atoms with Crippen molar-refractivity contribution in [3.8, 4) is 0 Å². The lowest BCUT2D eigenvalue weighted by atomic mass is 9.81. The Hall–Kier alpha value is -0.770. The lowest BCUT2D eigenvalue weighted by Crippen LogP contribution is -2.47. The second-order valence-corrected chi connectivity index (χ2v) is 5.14. The van der Waals surface area contributed by atoms with Gasteiger partial charge in [0, 0.05) is 19.8 Å². The number of rotatable bonds is 3. The van der Waals surface area contributed by atoms with Gasteiger partial charge in [0.2, 0.25) is 0 Å². The van der Waals surface area contributed by atoms with Crippen LogP contribution in [0.15, 0.2) is 0 Å². The van der Waals surface area contributed by atoms with Gasteiger partial charge in [-0.1, -0.05) is 0 Å². The topological polar surface area (TPSA) is 47.6 Å². The molecule has 0 radical (unpaired) electrons. The summed E-state index contributed by atoms with van der Waals surface area (Å²) in [7, 11) is 1.70. The zero-order valence-electron chi connectivity index (χ0n) is 10.0. The molecule has 0 bridgehead atoms. The molecule has 1 N–H and O–H groups in total. The van der Waals surface area contributed by atoms with Crippen LogP contribution in [0.2, 0.25) is 0 Å². The number of hydrogen-bond donors (Lipinski definition) is 1. The van der Waals surface area contributed by atoms with Crippen molar-refractivity contribution in [3.05, 3.63) is 0 Å². The number of carbonyl (C=O) groups excluding carboxylic acids is 1. The minimum atomic E-state index is -0.417. The fourth-order valence-electron chi connectivity index (χ4n) is 1.70. The molecule has 1 amide bonds. The van der Waals surface area contributed by atoms with E-state index in [1.54, 1.807) is 7.11 Å². The summed E-state index contributed by atoms with van der Waals surface area (Å²) < 4.78 is 10.2. The smallest absolute Gasteiger partial charge is 0.407 e. The van der Waals surface area contributed by atoms with Gasteiger partial charge in [-0.25, -0.2) is 4.79 Å². The van der Waals surface area contributed by atoms with E-state index in [2.05, 4.69) is 5.32 Å². The van der Waals surface area contributed by atoms with E-state index < -0.39 is 5.60 Å². The van der Waals surface area contributed by atoms with Gasteiger partial charge in [0.25, 0.3) is 0 Å². The SMILES string of the molecule is COCC1CC(NC(=O)OC(C)(C)C)C1. The third-order valence-corrected chi connectivity index (χ3v) is 2.36. The average Bonchev–Trinajstić information content (AvgIpc) is 1.97. The van der Waals surface area contributed by atoms with Crippen LogP contribution in [0.3, 0.4) is 0 Å². The Morgan fingerprint density at radius 1 is 1.40 bits per heavy atom. The van der Waals surface area contributed by atoms with E-state index in [0.29, 0.717) is 5.92 Å². The van der Waals surface area contributed by atoms with Crippen LogP contribution in [-0.2, 0) is 9.47 Å². The van der Waals surface area contributed by atoms with Crippen molar-refractivity contribution in [2.24, 2.45) is 5.92 Å². The van der Waals surface area contributed by atoms with Gasteiger partial charge < -0.3 is 14.8 Å². The van der Waals surface area contributed by atoms with Crippen molar-refractivity contribution in [1.29, 1.82) is 0 Å². The Labute approximate surface area is 91.3 Å². The molecule has 0 spiro atoms. The molecule has 0 aromatic rings. The Bertz CT molecular complexity index is 216. The number of hydrogen-bond acceptors (Lipinski definition) is 3. The molecule has 1 fully saturated rings. The van der Waals surface area contributed by atoms with Crippen molar-refractivity contribution < 1.29 is 14.3 Å². The lowest BCUT2D eigenvalue weighted by molar-refractivity contribution is 0.0390. The summed E-state index contributed by atoms with van der Waals surface area (Å²) in [4.78, 5) is 11.4. The van der Waals surface area contributed by atoms with Crippen molar-refractivity contribution in [3.63, 3.8) is 0 Å². The summed E-state index contributed by atoms with van der Waals surface area (Å²) in [5, 5.41) is 2.84. The predicted molar refractivity (Wildman–Crippen MR) is 57.8 cm³/mol. The van der Waals surface area contributed by atoms with Gasteiger partial charge in [0.05, 0.1) is 0 Å². The molecule has 0 heterocycles. The Balaban J connectivity index is 2.14. The maximum atomic E-state index is 11.4. The van der Waals surface area contributed by atoms with Gasteiger partial charge in [-0.3, -0.25) is 0 Å². The molecule has 1 rings (SSSR count). The van der Waals surface area contributed by atoms with Gasteiger partial charge in [-0.15, -0.1) is 0 Å². The Kier molecular flexibility index (Phi) is 3.97. The van der Waals surface area contributed by atoms with Crippen molar-refractivity contribution in [2.45, 2.75) is 45.3 Å². The second kappa shape index (κ2) is 4.84. The van der Waals surface area contributed by atoms with E-state index in [1.807, 2.05) is 20.8 Å². The number of carbonyl (C=O) groups is 1. The molecular formula is C11H21NO3. The molecule has 0 unspecified atom stereocenters. The van der Waals surface area contributed by atoms with Gasteiger partial charge in [0.15, 0.2) is 0 Å². The quantitative estimate of drug-likeness (QED) is 0.782. The zero-order valence-corrected chi connectivity index (χ0v) is 10.0. The molecule has 88 valence electrons. The van der Waals surface area contributed by atoms with Crippen molar-refractivity contribution in [2.75, 3.05) is 13.7 Å². The van der Waals surface area contributed by atoms with Crippen molar-refractivity contribution >= 4 is 6.09 Å². The normalized spacial score (nSPS) is 25.6. The van der Waals surface area contributed by atoms with E-state index >= 15 is 0 Å². The predicted octanol–water partition coefficient (Wildman–Crippen LogP) is 1.94. The van der Waals surface area contributed by atoms with Gasteiger partial charge in [-0.05, 0) is 39.5 Å². The molecule has 15 heavy (non-hydrogen) atoms. The van der Waals surface area contributed by atoms with Crippen LogP contribution >= 0.6 is 0 Å².